The van der Waals surface area contributed by atoms with E-state index in [1.54, 1.807) is 18.3 Å². The number of benzene rings is 2. The van der Waals surface area contributed by atoms with Crippen LogP contribution >= 0.6 is 11.6 Å². The summed E-state index contributed by atoms with van der Waals surface area (Å²) in [7, 11) is -3.67. The number of fused-ring (bicyclic) bond motifs is 1. The Bertz CT molecular complexity index is 1140. The van der Waals surface area contributed by atoms with Crippen molar-refractivity contribution in [3.63, 3.8) is 0 Å². The van der Waals surface area contributed by atoms with Crippen LogP contribution in [-0.4, -0.2) is 22.8 Å². The third-order valence-electron chi connectivity index (χ3n) is 3.79. The Hall–Kier alpha value is -2.90. The summed E-state index contributed by atoms with van der Waals surface area (Å²) >= 11 is 5.80. The Morgan fingerprint density at radius 2 is 1.73 bits per heavy atom. The minimum atomic E-state index is -3.67. The third-order valence-corrected chi connectivity index (χ3v) is 5.44. The second-order valence-electron chi connectivity index (χ2n) is 5.59. The zero-order valence-electron chi connectivity index (χ0n) is 13.4. The van der Waals surface area contributed by atoms with Crippen LogP contribution in [0, 0.1) is 0 Å². The van der Waals surface area contributed by atoms with E-state index in [4.69, 9.17) is 11.6 Å². The van der Waals surface area contributed by atoms with Gasteiger partial charge in [0.1, 0.15) is 0 Å². The van der Waals surface area contributed by atoms with Gasteiger partial charge in [0, 0.05) is 34.9 Å². The summed E-state index contributed by atoms with van der Waals surface area (Å²) in [6, 6.07) is 14.8. The molecule has 2 aromatic carbocycles. The third kappa shape index (κ3) is 3.26. The monoisotopic (exact) mass is 384 g/mol. The first-order valence-corrected chi connectivity index (χ1v) is 9.56. The highest BCUT2D eigenvalue weighted by Gasteiger charge is 2.14. The summed E-state index contributed by atoms with van der Waals surface area (Å²) in [4.78, 5) is 8.78. The van der Waals surface area contributed by atoms with Crippen LogP contribution in [0.2, 0.25) is 5.02 Å². The summed E-state index contributed by atoms with van der Waals surface area (Å²) in [6.07, 6.45) is 5.42. The molecule has 0 bridgehead atoms. The van der Waals surface area contributed by atoms with Crippen molar-refractivity contribution < 1.29 is 8.42 Å². The summed E-state index contributed by atoms with van der Waals surface area (Å²) < 4.78 is 29.2. The summed E-state index contributed by atoms with van der Waals surface area (Å²) in [5.74, 6) is 0.606. The lowest BCUT2D eigenvalue weighted by atomic mass is 10.1. The van der Waals surface area contributed by atoms with Gasteiger partial charge in [-0.3, -0.25) is 9.12 Å². The van der Waals surface area contributed by atoms with Crippen LogP contribution in [0.3, 0.4) is 0 Å². The average molecular weight is 385 g/mol. The highest BCUT2D eigenvalue weighted by Crippen LogP contribution is 2.23. The highest BCUT2D eigenvalue weighted by atomic mass is 35.5. The first kappa shape index (κ1) is 16.6. The van der Waals surface area contributed by atoms with Gasteiger partial charge in [-0.2, -0.15) is 0 Å². The molecule has 0 amide bonds. The van der Waals surface area contributed by atoms with Gasteiger partial charge >= 0.3 is 0 Å². The normalized spacial score (nSPS) is 11.6. The Kier molecular flexibility index (Phi) is 4.10. The molecule has 4 aromatic rings. The van der Waals surface area contributed by atoms with E-state index >= 15 is 0 Å². The van der Waals surface area contributed by atoms with E-state index in [-0.39, 0.29) is 4.90 Å². The Balaban J connectivity index is 1.58. The van der Waals surface area contributed by atoms with Crippen LogP contribution in [0.4, 0.5) is 5.69 Å². The van der Waals surface area contributed by atoms with Gasteiger partial charge < -0.3 is 0 Å². The molecule has 0 atom stereocenters. The molecule has 2 aromatic heterocycles. The highest BCUT2D eigenvalue weighted by molar-refractivity contribution is 7.92. The number of nitrogens with one attached hydrogen (secondary N) is 1. The molecule has 0 saturated heterocycles. The van der Waals surface area contributed by atoms with Gasteiger partial charge in [0.05, 0.1) is 10.6 Å². The molecule has 0 saturated carbocycles. The predicted molar refractivity (Wildman–Crippen MR) is 101 cm³/mol. The lowest BCUT2D eigenvalue weighted by molar-refractivity contribution is 0.601. The number of hydrogen-bond acceptors (Lipinski definition) is 4. The van der Waals surface area contributed by atoms with Crippen molar-refractivity contribution in [1.29, 1.82) is 0 Å². The molecule has 0 aliphatic heterocycles. The maximum atomic E-state index is 12.4. The number of halogens is 1. The number of hydrogen-bond donors (Lipinski definition) is 1. The molecule has 0 aliphatic carbocycles. The number of aromatic nitrogens is 3. The molecule has 4 rings (SSSR count). The van der Waals surface area contributed by atoms with E-state index in [1.807, 2.05) is 35.0 Å². The van der Waals surface area contributed by atoms with Gasteiger partial charge in [-0.15, -0.1) is 0 Å². The standard InChI is InChI=1S/C18H13ClN4O2S/c19-14-4-8-16(9-5-14)26(24,25)22-15-6-2-13(3-7-15)17-12-23-11-1-10-20-18(23)21-17/h1-12,22H. The SMILES string of the molecule is O=S(=O)(Nc1ccc(-c2cn3cccnc3n2)cc1)c1ccc(Cl)cc1. The van der Waals surface area contributed by atoms with E-state index in [0.717, 1.165) is 11.3 Å². The smallest absolute Gasteiger partial charge is 0.261 e. The largest absolute Gasteiger partial charge is 0.291 e. The minimum absolute atomic E-state index is 0.150. The fourth-order valence-corrected chi connectivity index (χ4v) is 3.69. The minimum Gasteiger partial charge on any atom is -0.291 e. The predicted octanol–water partition coefficient (Wildman–Crippen LogP) is 3.85. The number of nitrogens with zero attached hydrogens (tertiary/aromatic N) is 3. The van der Waals surface area contributed by atoms with Crippen molar-refractivity contribution in [1.82, 2.24) is 14.4 Å². The van der Waals surface area contributed by atoms with Crippen LogP contribution in [0.15, 0.2) is 78.1 Å². The molecule has 0 aliphatic rings. The van der Waals surface area contributed by atoms with Gasteiger partial charge in [-0.25, -0.2) is 18.4 Å². The summed E-state index contributed by atoms with van der Waals surface area (Å²) in [5, 5.41) is 0.482. The first-order valence-electron chi connectivity index (χ1n) is 7.70. The van der Waals surface area contributed by atoms with Crippen molar-refractivity contribution in [3.05, 3.63) is 78.2 Å². The van der Waals surface area contributed by atoms with Crippen molar-refractivity contribution >= 4 is 33.1 Å². The molecular weight excluding hydrogens is 372 g/mol. The van der Waals surface area contributed by atoms with Gasteiger partial charge in [-0.05, 0) is 42.5 Å². The summed E-state index contributed by atoms with van der Waals surface area (Å²) in [5.41, 5.74) is 2.09. The van der Waals surface area contributed by atoms with Gasteiger partial charge in [0.2, 0.25) is 5.78 Å². The molecule has 0 spiro atoms. The molecule has 130 valence electrons. The Morgan fingerprint density at radius 1 is 1.00 bits per heavy atom. The van der Waals surface area contributed by atoms with Crippen LogP contribution in [0.25, 0.3) is 17.0 Å². The quantitative estimate of drug-likeness (QED) is 0.579. The van der Waals surface area contributed by atoms with Crippen molar-refractivity contribution in [2.45, 2.75) is 4.90 Å². The van der Waals surface area contributed by atoms with E-state index < -0.39 is 10.0 Å². The maximum Gasteiger partial charge on any atom is 0.261 e. The Morgan fingerprint density at radius 3 is 2.42 bits per heavy atom. The molecule has 0 radical (unpaired) electrons. The van der Waals surface area contributed by atoms with Crippen LogP contribution < -0.4 is 4.72 Å². The number of sulfonamides is 1. The zero-order valence-corrected chi connectivity index (χ0v) is 14.9. The molecule has 2 heterocycles. The second-order valence-corrected chi connectivity index (χ2v) is 7.71. The van der Waals surface area contributed by atoms with Crippen LogP contribution in [0.1, 0.15) is 0 Å². The molecule has 0 unspecified atom stereocenters. The van der Waals surface area contributed by atoms with Crippen molar-refractivity contribution in [3.8, 4) is 11.3 Å². The molecule has 1 N–H and O–H groups in total. The van der Waals surface area contributed by atoms with E-state index in [0.29, 0.717) is 16.5 Å². The second kappa shape index (κ2) is 6.44. The lowest BCUT2D eigenvalue weighted by Crippen LogP contribution is -2.12. The van der Waals surface area contributed by atoms with E-state index in [2.05, 4.69) is 14.7 Å². The molecule has 0 fully saturated rings. The lowest BCUT2D eigenvalue weighted by Gasteiger charge is -2.08. The van der Waals surface area contributed by atoms with Gasteiger partial charge in [-0.1, -0.05) is 23.7 Å². The van der Waals surface area contributed by atoms with Gasteiger partial charge in [0.15, 0.2) is 0 Å². The zero-order chi connectivity index (χ0) is 18.1. The van der Waals surface area contributed by atoms with Crippen LogP contribution in [0.5, 0.6) is 0 Å². The average Bonchev–Trinajstić information content (AvgIpc) is 3.06. The number of imidazole rings is 1. The van der Waals surface area contributed by atoms with Crippen molar-refractivity contribution in [2.75, 3.05) is 4.72 Å². The van der Waals surface area contributed by atoms with Crippen LogP contribution in [-0.2, 0) is 10.0 Å². The number of anilines is 1. The first-order chi connectivity index (χ1) is 12.5. The fourth-order valence-electron chi connectivity index (χ4n) is 2.51. The topological polar surface area (TPSA) is 76.4 Å². The van der Waals surface area contributed by atoms with E-state index in [9.17, 15) is 8.42 Å². The molecule has 26 heavy (non-hydrogen) atoms. The summed E-state index contributed by atoms with van der Waals surface area (Å²) in [6.45, 7) is 0. The molecular formula is C18H13ClN4O2S. The fraction of sp³-hybridized carbons (Fsp3) is 0. The Labute approximate surface area is 155 Å². The number of rotatable bonds is 4. The van der Waals surface area contributed by atoms with E-state index in [1.165, 1.54) is 24.3 Å². The molecule has 8 heteroatoms. The van der Waals surface area contributed by atoms with Crippen molar-refractivity contribution in [2.24, 2.45) is 0 Å². The van der Waals surface area contributed by atoms with Gasteiger partial charge in [0.25, 0.3) is 10.0 Å². The molecule has 6 nitrogen and oxygen atoms in total. The maximum absolute atomic E-state index is 12.4.